The van der Waals surface area contributed by atoms with E-state index in [2.05, 4.69) is 5.32 Å². The molecule has 1 atom stereocenters. The van der Waals surface area contributed by atoms with Crippen molar-refractivity contribution in [1.82, 2.24) is 5.32 Å². The molecule has 4 nitrogen and oxygen atoms in total. The summed E-state index contributed by atoms with van der Waals surface area (Å²) in [5.41, 5.74) is 0.798. The van der Waals surface area contributed by atoms with Crippen LogP contribution in [-0.4, -0.2) is 29.6 Å². The van der Waals surface area contributed by atoms with E-state index in [0.717, 1.165) is 11.8 Å². The lowest BCUT2D eigenvalue weighted by Crippen LogP contribution is -2.28. The summed E-state index contributed by atoms with van der Waals surface area (Å²) in [4.78, 5) is 10.5. The van der Waals surface area contributed by atoms with E-state index in [1.54, 1.807) is 13.1 Å². The number of aldehydes is 1. The van der Waals surface area contributed by atoms with Gasteiger partial charge < -0.3 is 20.3 Å². The normalized spacial score (nSPS) is 11.2. The van der Waals surface area contributed by atoms with E-state index in [-0.39, 0.29) is 17.5 Å². The average molecular weight is 225 g/mol. The maximum Gasteiger partial charge on any atom is 0.157 e. The highest BCUT2D eigenvalue weighted by molar-refractivity contribution is 5.58. The van der Waals surface area contributed by atoms with Gasteiger partial charge in [0.1, 0.15) is 6.29 Å². The predicted molar refractivity (Wildman–Crippen MR) is 63.7 cm³/mol. The van der Waals surface area contributed by atoms with E-state index < -0.39 is 0 Å². The number of carbonyl (C=O) groups excluding carboxylic acids is 1. The summed E-state index contributed by atoms with van der Waals surface area (Å²) >= 11 is 0. The average Bonchev–Trinajstić information content (AvgIpc) is 2.33. The van der Waals surface area contributed by atoms with Crippen LogP contribution in [0.5, 0.6) is 11.5 Å². The second kappa shape index (κ2) is 7.70. The van der Waals surface area contributed by atoms with E-state index in [4.69, 9.17) is 5.11 Å². The number of likely N-dealkylation sites (N-methyl/N-ethyl adjacent to an activating group) is 1. The number of rotatable bonds is 4. The summed E-state index contributed by atoms with van der Waals surface area (Å²) in [6, 6.07) is 4.26. The summed E-state index contributed by atoms with van der Waals surface area (Å²) in [6.07, 6.45) is 1.30. The Balaban J connectivity index is 0.00000106. The Morgan fingerprint density at radius 3 is 2.38 bits per heavy atom. The molecule has 1 rings (SSSR count). The number of phenolic OH excluding ortho intramolecular Hbond substituents is 2. The zero-order valence-electron chi connectivity index (χ0n) is 9.90. The minimum absolute atomic E-state index is 0.152. The number of hydrogen-bond donors (Lipinski definition) is 3. The molecule has 1 aromatic rings. The molecule has 0 aliphatic rings. The summed E-state index contributed by atoms with van der Waals surface area (Å²) in [5.74, 6) is -0.316. The van der Waals surface area contributed by atoms with Gasteiger partial charge in [0.15, 0.2) is 11.5 Å². The summed E-state index contributed by atoms with van der Waals surface area (Å²) in [6.45, 7) is 4.00. The number of carbonyl (C=O) groups is 1. The number of phenols is 2. The SMILES string of the molecule is CC.CNC(C=O)Cc1ccc(O)c(O)c1. The van der Waals surface area contributed by atoms with Crippen LogP contribution in [0.2, 0.25) is 0 Å². The molecule has 0 amide bonds. The van der Waals surface area contributed by atoms with Gasteiger partial charge in [-0.15, -0.1) is 0 Å². The number of aromatic hydroxyl groups is 2. The van der Waals surface area contributed by atoms with Crippen LogP contribution in [0.15, 0.2) is 18.2 Å². The number of nitrogens with one attached hydrogen (secondary N) is 1. The van der Waals surface area contributed by atoms with Crippen LogP contribution in [0.1, 0.15) is 19.4 Å². The molecular weight excluding hydrogens is 206 g/mol. The third-order valence-corrected chi connectivity index (χ3v) is 2.03. The van der Waals surface area contributed by atoms with Gasteiger partial charge in [0, 0.05) is 0 Å². The maximum absolute atomic E-state index is 10.5. The molecule has 1 unspecified atom stereocenters. The first-order valence-corrected chi connectivity index (χ1v) is 5.30. The first-order chi connectivity index (χ1) is 7.67. The van der Waals surface area contributed by atoms with Crippen molar-refractivity contribution >= 4 is 6.29 Å². The zero-order valence-corrected chi connectivity index (χ0v) is 9.90. The predicted octanol–water partition coefficient (Wildman–Crippen LogP) is 1.45. The van der Waals surface area contributed by atoms with Crippen molar-refractivity contribution < 1.29 is 15.0 Å². The third-order valence-electron chi connectivity index (χ3n) is 2.03. The van der Waals surface area contributed by atoms with Crippen molar-refractivity contribution in [2.75, 3.05) is 7.05 Å². The Hall–Kier alpha value is -1.55. The van der Waals surface area contributed by atoms with Crippen LogP contribution < -0.4 is 5.32 Å². The molecule has 0 radical (unpaired) electrons. The lowest BCUT2D eigenvalue weighted by Gasteiger charge is -2.09. The number of benzene rings is 1. The van der Waals surface area contributed by atoms with Crippen LogP contribution in [0.4, 0.5) is 0 Å². The molecule has 16 heavy (non-hydrogen) atoms. The molecule has 0 aromatic heterocycles. The molecular formula is C12H19NO3. The van der Waals surface area contributed by atoms with Gasteiger partial charge in [-0.25, -0.2) is 0 Å². The van der Waals surface area contributed by atoms with Crippen molar-refractivity contribution in [1.29, 1.82) is 0 Å². The highest BCUT2D eigenvalue weighted by Crippen LogP contribution is 2.25. The first kappa shape index (κ1) is 14.5. The van der Waals surface area contributed by atoms with Crippen molar-refractivity contribution in [3.8, 4) is 11.5 Å². The Labute approximate surface area is 95.9 Å². The lowest BCUT2D eigenvalue weighted by molar-refractivity contribution is -0.109. The summed E-state index contributed by atoms with van der Waals surface area (Å²) in [7, 11) is 1.69. The van der Waals surface area contributed by atoms with E-state index in [9.17, 15) is 9.90 Å². The molecule has 1 aromatic carbocycles. The van der Waals surface area contributed by atoms with Crippen LogP contribution in [-0.2, 0) is 11.2 Å². The van der Waals surface area contributed by atoms with Crippen molar-refractivity contribution in [2.45, 2.75) is 26.3 Å². The second-order valence-electron chi connectivity index (χ2n) is 3.06. The Morgan fingerprint density at radius 1 is 1.31 bits per heavy atom. The molecule has 0 fully saturated rings. The molecule has 0 aliphatic carbocycles. The highest BCUT2D eigenvalue weighted by Gasteiger charge is 2.07. The first-order valence-electron chi connectivity index (χ1n) is 5.30. The van der Waals surface area contributed by atoms with E-state index in [1.165, 1.54) is 12.1 Å². The Morgan fingerprint density at radius 2 is 1.94 bits per heavy atom. The molecule has 0 saturated heterocycles. The third kappa shape index (κ3) is 4.31. The van der Waals surface area contributed by atoms with Crippen molar-refractivity contribution in [3.05, 3.63) is 23.8 Å². The summed E-state index contributed by atoms with van der Waals surface area (Å²) in [5, 5.41) is 21.1. The smallest absolute Gasteiger partial charge is 0.157 e. The van der Waals surface area contributed by atoms with E-state index >= 15 is 0 Å². The Bertz CT molecular complexity index is 326. The van der Waals surface area contributed by atoms with E-state index in [1.807, 2.05) is 13.8 Å². The van der Waals surface area contributed by atoms with Crippen LogP contribution >= 0.6 is 0 Å². The molecule has 3 N–H and O–H groups in total. The highest BCUT2D eigenvalue weighted by atomic mass is 16.3. The van der Waals surface area contributed by atoms with Gasteiger partial charge in [-0.2, -0.15) is 0 Å². The molecule has 4 heteroatoms. The maximum atomic E-state index is 10.5. The number of hydrogen-bond acceptors (Lipinski definition) is 4. The molecule has 0 aliphatic heterocycles. The van der Waals surface area contributed by atoms with Crippen molar-refractivity contribution in [2.24, 2.45) is 0 Å². The van der Waals surface area contributed by atoms with Gasteiger partial charge >= 0.3 is 0 Å². The largest absolute Gasteiger partial charge is 0.504 e. The van der Waals surface area contributed by atoms with Crippen LogP contribution in [0.3, 0.4) is 0 Å². The minimum Gasteiger partial charge on any atom is -0.504 e. The Kier molecular flexibility index (Phi) is 6.96. The standard InChI is InChI=1S/C10H13NO3.C2H6/c1-11-8(6-12)4-7-2-3-9(13)10(14)5-7;1-2/h2-3,5-6,8,11,13-14H,4H2,1H3;1-2H3. The van der Waals surface area contributed by atoms with Gasteiger partial charge in [-0.3, -0.25) is 0 Å². The molecule has 0 bridgehead atoms. The van der Waals surface area contributed by atoms with Gasteiger partial charge in [0.25, 0.3) is 0 Å². The lowest BCUT2D eigenvalue weighted by atomic mass is 10.1. The van der Waals surface area contributed by atoms with Gasteiger partial charge in [0.05, 0.1) is 6.04 Å². The second-order valence-corrected chi connectivity index (χ2v) is 3.06. The molecule has 0 heterocycles. The molecule has 0 saturated carbocycles. The van der Waals surface area contributed by atoms with Gasteiger partial charge in [-0.1, -0.05) is 19.9 Å². The van der Waals surface area contributed by atoms with Gasteiger partial charge in [0.2, 0.25) is 0 Å². The van der Waals surface area contributed by atoms with E-state index in [0.29, 0.717) is 6.42 Å². The quantitative estimate of drug-likeness (QED) is 0.536. The summed E-state index contributed by atoms with van der Waals surface area (Å²) < 4.78 is 0. The molecule has 0 spiro atoms. The fourth-order valence-electron chi connectivity index (χ4n) is 1.17. The van der Waals surface area contributed by atoms with Crippen LogP contribution in [0.25, 0.3) is 0 Å². The fraction of sp³-hybridized carbons (Fsp3) is 0.417. The monoisotopic (exact) mass is 225 g/mol. The zero-order chi connectivity index (χ0) is 12.6. The molecule has 90 valence electrons. The minimum atomic E-state index is -0.265. The fourth-order valence-corrected chi connectivity index (χ4v) is 1.17. The topological polar surface area (TPSA) is 69.6 Å². The van der Waals surface area contributed by atoms with Gasteiger partial charge in [-0.05, 0) is 31.2 Å². The van der Waals surface area contributed by atoms with Crippen molar-refractivity contribution in [3.63, 3.8) is 0 Å². The van der Waals surface area contributed by atoms with Crippen LogP contribution in [0, 0.1) is 0 Å².